The Balaban J connectivity index is 0.00000208. The second-order valence-electron chi connectivity index (χ2n) is 4.99. The van der Waals surface area contributed by atoms with Crippen LogP contribution in [0.15, 0.2) is 11.2 Å². The number of hydroxylamine groups is 3. The number of aromatic nitrogens is 2. The number of nitrogens with one attached hydrogen (secondary N) is 1. The molecule has 24 heavy (non-hydrogen) atoms. The largest absolute Gasteiger partial charge is 1.00 e. The van der Waals surface area contributed by atoms with Crippen LogP contribution in [0.25, 0.3) is 0 Å². The quantitative estimate of drug-likeness (QED) is 0.136. The van der Waals surface area contributed by atoms with Gasteiger partial charge in [-0.1, -0.05) is 0 Å². The summed E-state index contributed by atoms with van der Waals surface area (Å²) in [5.41, 5.74) is 2.94. The first kappa shape index (κ1) is 19.1. The summed E-state index contributed by atoms with van der Waals surface area (Å²) in [5.74, 6) is 0.0634. The van der Waals surface area contributed by atoms with E-state index >= 15 is 0 Å². The Bertz CT molecular complexity index is 794. The van der Waals surface area contributed by atoms with Gasteiger partial charge in [0.25, 0.3) is 0 Å². The summed E-state index contributed by atoms with van der Waals surface area (Å²) >= 11 is 0. The fraction of sp³-hybridized carbons (Fsp3) is 0.500. The summed E-state index contributed by atoms with van der Waals surface area (Å²) < 4.78 is 38.4. The molecule has 1 aromatic heterocycles. The minimum atomic E-state index is -5.12. The summed E-state index contributed by atoms with van der Waals surface area (Å²) in [7, 11) is -2.08. The zero-order chi connectivity index (χ0) is 16.9. The molecule has 0 aliphatic carbocycles. The molecule has 1 aromatic rings. The number of urea groups is 1. The Morgan fingerprint density at radius 2 is 2.25 bits per heavy atom. The number of amides is 2. The van der Waals surface area contributed by atoms with Crippen molar-refractivity contribution >= 4 is 22.3 Å². The third-order valence-electron chi connectivity index (χ3n) is 3.82. The number of carbonyl (C=O) groups excluding carboxylic acids is 1. The molecule has 2 bridgehead atoms. The molecule has 12 nitrogen and oxygen atoms in total. The third-order valence-corrected chi connectivity index (χ3v) is 4.16. The van der Waals surface area contributed by atoms with Gasteiger partial charge in [0.15, 0.2) is 0 Å². The van der Waals surface area contributed by atoms with E-state index in [1.165, 1.54) is 22.8 Å². The van der Waals surface area contributed by atoms with Gasteiger partial charge < -0.3 is 9.45 Å². The number of rotatable bonds is 3. The predicted molar refractivity (Wildman–Crippen MR) is 71.7 cm³/mol. The molecule has 2 aliphatic heterocycles. The number of aryl methyl sites for hydroxylation is 1. The van der Waals surface area contributed by atoms with E-state index in [0.717, 1.165) is 0 Å². The van der Waals surface area contributed by atoms with Crippen LogP contribution in [-0.2, 0) is 21.7 Å². The van der Waals surface area contributed by atoms with E-state index in [4.69, 9.17) is 0 Å². The summed E-state index contributed by atoms with van der Waals surface area (Å²) in [4.78, 5) is 17.5. The Morgan fingerprint density at radius 1 is 1.58 bits per heavy atom. The molecule has 2 aliphatic rings. The van der Waals surface area contributed by atoms with Gasteiger partial charge in [0, 0.05) is 19.7 Å². The van der Waals surface area contributed by atoms with Crippen LogP contribution in [-0.4, -0.2) is 63.4 Å². The van der Waals surface area contributed by atoms with Crippen molar-refractivity contribution in [3.63, 3.8) is 0 Å². The minimum Gasteiger partial charge on any atom is -0.724 e. The molecule has 2 amide bonds. The van der Waals surface area contributed by atoms with E-state index in [1.54, 1.807) is 7.05 Å². The van der Waals surface area contributed by atoms with Gasteiger partial charge in [0.2, 0.25) is 10.4 Å². The maximum atomic E-state index is 12.4. The summed E-state index contributed by atoms with van der Waals surface area (Å²) in [6.45, 7) is 0.0540. The molecule has 0 radical (unpaired) electrons. The van der Waals surface area contributed by atoms with E-state index in [9.17, 15) is 23.0 Å². The van der Waals surface area contributed by atoms with Crippen molar-refractivity contribution in [3.05, 3.63) is 17.5 Å². The van der Waals surface area contributed by atoms with E-state index in [-0.39, 0.29) is 41.9 Å². The number of hydrogen-bond donors (Lipinski definition) is 2. The number of carbonyl (C=O) groups is 1. The van der Waals surface area contributed by atoms with Crippen LogP contribution in [0, 0.1) is 0 Å². The first-order valence-electron chi connectivity index (χ1n) is 6.42. The molecule has 0 spiro atoms. The van der Waals surface area contributed by atoms with E-state index < -0.39 is 28.5 Å². The molecule has 0 saturated carbocycles. The minimum absolute atomic E-state index is 0. The van der Waals surface area contributed by atoms with Gasteiger partial charge in [-0.2, -0.15) is 14.4 Å². The molecule has 3 heterocycles. The van der Waals surface area contributed by atoms with Crippen molar-refractivity contribution in [2.75, 3.05) is 13.6 Å². The molecule has 1 fully saturated rings. The molecule has 14 heteroatoms. The first-order valence-corrected chi connectivity index (χ1v) is 7.75. The van der Waals surface area contributed by atoms with Crippen molar-refractivity contribution in [1.82, 2.24) is 25.2 Å². The van der Waals surface area contributed by atoms with Gasteiger partial charge in [-0.05, 0) is 0 Å². The van der Waals surface area contributed by atoms with Gasteiger partial charge in [0.1, 0.15) is 17.9 Å². The molecule has 1 saturated heterocycles. The van der Waals surface area contributed by atoms with E-state index in [0.29, 0.717) is 16.3 Å². The molecule has 0 aromatic carbocycles. The van der Waals surface area contributed by atoms with Crippen molar-refractivity contribution in [1.29, 1.82) is 0 Å². The Kier molecular flexibility index (Phi) is 5.25. The molecule has 2 atom stereocenters. The van der Waals surface area contributed by atoms with Crippen LogP contribution in [0.3, 0.4) is 0 Å². The molecule has 2 N–H and O–H groups in total. The molecule has 3 rings (SSSR count). The van der Waals surface area contributed by atoms with Gasteiger partial charge in [-0.3, -0.25) is 20.4 Å². The van der Waals surface area contributed by atoms with Crippen LogP contribution >= 0.6 is 0 Å². The standard InChI is InChI=1S/C10H14N6O6S.Na/c1-11-9(13-18)8-7-5(3-12-14(7)2)6-4-15(8)10(17)16(6)22-23(19,20)21;/h3,6,8,18H,4H2,1-2H3,(H,11,13)(H,19,20,21);/q;+1/p-1/t6-,8-;/m0./s1. The van der Waals surface area contributed by atoms with Crippen LogP contribution in [0.4, 0.5) is 4.79 Å². The number of amidine groups is 1. The molecular formula is C10H13N6NaO6S. The SMILES string of the molecule is CN=C(NO)[C@@H]1c2c(cnn2C)[C@@H]2CN1C(=O)N2OS(=O)(=O)[O-].[Na+]. The fourth-order valence-electron chi connectivity index (χ4n) is 2.93. The van der Waals surface area contributed by atoms with E-state index in [2.05, 4.69) is 14.4 Å². The average molecular weight is 368 g/mol. The van der Waals surface area contributed by atoms with E-state index in [1.807, 2.05) is 5.48 Å². The summed E-state index contributed by atoms with van der Waals surface area (Å²) in [5, 5.41) is 13.8. The maximum absolute atomic E-state index is 12.4. The Hall–Kier alpha value is -1.22. The Labute approximate surface area is 159 Å². The monoisotopic (exact) mass is 368 g/mol. The summed E-state index contributed by atoms with van der Waals surface area (Å²) in [6.07, 6.45) is 1.45. The first-order chi connectivity index (χ1) is 10.8. The molecular weight excluding hydrogens is 355 g/mol. The van der Waals surface area contributed by atoms with Crippen molar-refractivity contribution < 1.29 is 56.8 Å². The smallest absolute Gasteiger partial charge is 0.724 e. The van der Waals surface area contributed by atoms with Gasteiger partial charge in [-0.25, -0.2) is 13.2 Å². The number of nitrogens with zero attached hydrogens (tertiary/aromatic N) is 5. The average Bonchev–Trinajstić information content (AvgIpc) is 2.97. The topological polar surface area (TPSA) is 152 Å². The van der Waals surface area contributed by atoms with Crippen molar-refractivity contribution in [2.45, 2.75) is 12.1 Å². The Morgan fingerprint density at radius 3 is 2.79 bits per heavy atom. The fourth-order valence-corrected chi connectivity index (χ4v) is 3.30. The van der Waals surface area contributed by atoms with Crippen LogP contribution in [0.2, 0.25) is 0 Å². The predicted octanol–water partition coefficient (Wildman–Crippen LogP) is -4.34. The third kappa shape index (κ3) is 2.92. The number of fused-ring (bicyclic) bond motifs is 4. The second kappa shape index (κ2) is 6.59. The van der Waals surface area contributed by atoms with Gasteiger partial charge >= 0.3 is 35.6 Å². The van der Waals surface area contributed by atoms with Crippen LogP contribution in [0.5, 0.6) is 0 Å². The normalized spacial score (nSPS) is 23.2. The van der Waals surface area contributed by atoms with Crippen molar-refractivity contribution in [3.8, 4) is 0 Å². The van der Waals surface area contributed by atoms with Gasteiger partial charge in [0.05, 0.1) is 18.4 Å². The zero-order valence-electron chi connectivity index (χ0n) is 13.1. The zero-order valence-corrected chi connectivity index (χ0v) is 15.9. The number of aliphatic imine (C=N–C) groups is 1. The molecule has 0 unspecified atom stereocenters. The van der Waals surface area contributed by atoms with Gasteiger partial charge in [-0.15, -0.1) is 0 Å². The maximum Gasteiger partial charge on any atom is 1.00 e. The second-order valence-corrected chi connectivity index (χ2v) is 5.96. The van der Waals surface area contributed by atoms with Crippen LogP contribution in [0.1, 0.15) is 23.3 Å². The number of hydrogen-bond acceptors (Lipinski definition) is 8. The summed E-state index contributed by atoms with van der Waals surface area (Å²) in [6, 6.07) is -2.45. The molecule has 126 valence electrons. The van der Waals surface area contributed by atoms with Crippen molar-refractivity contribution in [2.24, 2.45) is 12.0 Å². The van der Waals surface area contributed by atoms with Crippen LogP contribution < -0.4 is 35.0 Å².